The number of benzene rings is 1. The van der Waals surface area contributed by atoms with E-state index < -0.39 is 5.97 Å². The molecule has 1 aromatic heterocycles. The number of aryl methyl sites for hydroxylation is 1. The minimum absolute atomic E-state index is 0.116. The first-order chi connectivity index (χ1) is 11.4. The number of carbonyl (C=O) groups excluding carboxylic acids is 2. The molecular formula is C17H19FN2O4. The minimum atomic E-state index is -0.459. The number of rotatable bonds is 6. The first-order valence-corrected chi connectivity index (χ1v) is 7.30. The molecule has 2 rings (SSSR count). The highest BCUT2D eigenvalue weighted by molar-refractivity contribution is 5.92. The van der Waals surface area contributed by atoms with E-state index in [0.717, 1.165) is 0 Å². The van der Waals surface area contributed by atoms with Crippen molar-refractivity contribution in [1.29, 1.82) is 0 Å². The summed E-state index contributed by atoms with van der Waals surface area (Å²) in [4.78, 5) is 25.3. The monoisotopic (exact) mass is 334 g/mol. The van der Waals surface area contributed by atoms with E-state index in [1.165, 1.54) is 31.4 Å². The molecule has 0 bridgehead atoms. The Bertz CT molecular complexity index is 725. The predicted octanol–water partition coefficient (Wildman–Crippen LogP) is 2.58. The number of amides is 1. The molecular weight excluding hydrogens is 315 g/mol. The zero-order valence-electron chi connectivity index (χ0n) is 13.8. The third-order valence-corrected chi connectivity index (χ3v) is 3.34. The quantitative estimate of drug-likeness (QED) is 0.822. The molecule has 24 heavy (non-hydrogen) atoms. The van der Waals surface area contributed by atoms with Gasteiger partial charge in [0, 0.05) is 5.69 Å². The number of furan rings is 1. The Morgan fingerprint density at radius 1 is 1.29 bits per heavy atom. The number of carbonyl (C=O) groups is 2. The molecule has 0 fully saturated rings. The lowest BCUT2D eigenvalue weighted by Gasteiger charge is -2.14. The molecule has 0 aliphatic rings. The molecule has 1 heterocycles. The van der Waals surface area contributed by atoms with Gasteiger partial charge in [0.2, 0.25) is 5.91 Å². The number of nitrogens with one attached hydrogen (secondary N) is 1. The molecule has 128 valence electrons. The summed E-state index contributed by atoms with van der Waals surface area (Å²) in [6, 6.07) is 7.14. The molecule has 0 atom stereocenters. The van der Waals surface area contributed by atoms with Crippen molar-refractivity contribution in [3.05, 3.63) is 53.2 Å². The summed E-state index contributed by atoms with van der Waals surface area (Å²) in [5.74, 6) is -0.0227. The van der Waals surface area contributed by atoms with Gasteiger partial charge in [0.1, 0.15) is 22.9 Å². The standard InChI is InChI=1S/C17H19FN2O4/c1-11-15(17(22)23-3)8-14(24-11)9-20(2)10-16(21)19-13-6-4-12(18)5-7-13/h4-8H,9-10H2,1-3H3,(H,19,21). The molecule has 0 saturated carbocycles. The lowest BCUT2D eigenvalue weighted by molar-refractivity contribution is -0.117. The summed E-state index contributed by atoms with van der Waals surface area (Å²) in [6.07, 6.45) is 0. The van der Waals surface area contributed by atoms with E-state index in [-0.39, 0.29) is 18.3 Å². The summed E-state index contributed by atoms with van der Waals surface area (Å²) in [6.45, 7) is 2.15. The molecule has 6 nitrogen and oxygen atoms in total. The summed E-state index contributed by atoms with van der Waals surface area (Å²) < 4.78 is 23.0. The Labute approximate surface area is 139 Å². The number of anilines is 1. The third kappa shape index (κ3) is 4.66. The number of hydrogen-bond donors (Lipinski definition) is 1. The molecule has 0 radical (unpaired) electrons. The highest BCUT2D eigenvalue weighted by Crippen LogP contribution is 2.17. The van der Waals surface area contributed by atoms with Crippen LogP contribution in [0, 0.1) is 12.7 Å². The van der Waals surface area contributed by atoms with Gasteiger partial charge in [-0.1, -0.05) is 0 Å². The molecule has 0 saturated heterocycles. The third-order valence-electron chi connectivity index (χ3n) is 3.34. The molecule has 1 aromatic carbocycles. The Balaban J connectivity index is 1.90. The Morgan fingerprint density at radius 2 is 1.96 bits per heavy atom. The fraction of sp³-hybridized carbons (Fsp3) is 0.294. The Kier molecular flexibility index (Phi) is 5.70. The van der Waals surface area contributed by atoms with Crippen LogP contribution >= 0.6 is 0 Å². The van der Waals surface area contributed by atoms with Crippen LogP contribution in [-0.4, -0.2) is 37.5 Å². The maximum Gasteiger partial charge on any atom is 0.341 e. The maximum absolute atomic E-state index is 12.8. The summed E-state index contributed by atoms with van der Waals surface area (Å²) in [7, 11) is 3.06. The van der Waals surface area contributed by atoms with E-state index >= 15 is 0 Å². The second-order valence-electron chi connectivity index (χ2n) is 5.40. The normalized spacial score (nSPS) is 10.7. The largest absolute Gasteiger partial charge is 0.465 e. The van der Waals surface area contributed by atoms with Crippen molar-refractivity contribution in [3.8, 4) is 0 Å². The van der Waals surface area contributed by atoms with Gasteiger partial charge in [-0.2, -0.15) is 0 Å². The minimum Gasteiger partial charge on any atom is -0.465 e. The zero-order chi connectivity index (χ0) is 17.7. The molecule has 7 heteroatoms. The summed E-state index contributed by atoms with van der Waals surface area (Å²) >= 11 is 0. The van der Waals surface area contributed by atoms with E-state index in [1.54, 1.807) is 24.9 Å². The molecule has 0 unspecified atom stereocenters. The van der Waals surface area contributed by atoms with E-state index in [1.807, 2.05) is 0 Å². The van der Waals surface area contributed by atoms with E-state index in [2.05, 4.69) is 10.1 Å². The fourth-order valence-corrected chi connectivity index (χ4v) is 2.24. The molecule has 0 spiro atoms. The van der Waals surface area contributed by atoms with Crippen LogP contribution in [0.3, 0.4) is 0 Å². The SMILES string of the molecule is COC(=O)c1cc(CN(C)CC(=O)Nc2ccc(F)cc2)oc1C. The van der Waals surface area contributed by atoms with Gasteiger partial charge in [-0.25, -0.2) is 9.18 Å². The molecule has 0 aliphatic heterocycles. The van der Waals surface area contributed by atoms with Crippen LogP contribution in [0.25, 0.3) is 0 Å². The van der Waals surface area contributed by atoms with E-state index in [9.17, 15) is 14.0 Å². The van der Waals surface area contributed by atoms with Gasteiger partial charge in [0.15, 0.2) is 0 Å². The number of esters is 1. The van der Waals surface area contributed by atoms with Crippen molar-refractivity contribution in [2.75, 3.05) is 26.0 Å². The first-order valence-electron chi connectivity index (χ1n) is 7.30. The molecule has 2 aromatic rings. The van der Waals surface area contributed by atoms with Crippen LogP contribution in [0.15, 0.2) is 34.7 Å². The lowest BCUT2D eigenvalue weighted by atomic mass is 10.2. The topological polar surface area (TPSA) is 71.8 Å². The predicted molar refractivity (Wildman–Crippen MR) is 86.1 cm³/mol. The van der Waals surface area contributed by atoms with Crippen LogP contribution in [0.2, 0.25) is 0 Å². The van der Waals surface area contributed by atoms with Gasteiger partial charge < -0.3 is 14.5 Å². The Hall–Kier alpha value is -2.67. The summed E-state index contributed by atoms with van der Waals surface area (Å²) in [5, 5.41) is 2.68. The first kappa shape index (κ1) is 17.7. The molecule has 0 aliphatic carbocycles. The summed E-state index contributed by atoms with van der Waals surface area (Å²) in [5.41, 5.74) is 0.897. The van der Waals surface area contributed by atoms with Gasteiger partial charge in [-0.05, 0) is 44.3 Å². The fourth-order valence-electron chi connectivity index (χ4n) is 2.24. The average molecular weight is 334 g/mol. The van der Waals surface area contributed by atoms with Crippen molar-refractivity contribution in [2.45, 2.75) is 13.5 Å². The number of likely N-dealkylation sites (N-methyl/N-ethyl adjacent to an activating group) is 1. The van der Waals surface area contributed by atoms with Gasteiger partial charge in [-0.15, -0.1) is 0 Å². The maximum atomic E-state index is 12.8. The second kappa shape index (κ2) is 7.74. The highest BCUT2D eigenvalue weighted by atomic mass is 19.1. The van der Waals surface area contributed by atoms with Crippen LogP contribution < -0.4 is 5.32 Å². The van der Waals surface area contributed by atoms with Crippen molar-refractivity contribution in [1.82, 2.24) is 4.90 Å². The van der Waals surface area contributed by atoms with Crippen LogP contribution in [-0.2, 0) is 16.1 Å². The van der Waals surface area contributed by atoms with Gasteiger partial charge in [-0.3, -0.25) is 9.69 Å². The van der Waals surface area contributed by atoms with Gasteiger partial charge in [0.05, 0.1) is 20.2 Å². The number of methoxy groups -OCH3 is 1. The number of hydrogen-bond acceptors (Lipinski definition) is 5. The van der Waals surface area contributed by atoms with Crippen molar-refractivity contribution in [2.24, 2.45) is 0 Å². The average Bonchev–Trinajstić information content (AvgIpc) is 2.89. The second-order valence-corrected chi connectivity index (χ2v) is 5.40. The smallest absolute Gasteiger partial charge is 0.341 e. The van der Waals surface area contributed by atoms with Crippen LogP contribution in [0.1, 0.15) is 21.9 Å². The zero-order valence-corrected chi connectivity index (χ0v) is 13.8. The van der Waals surface area contributed by atoms with E-state index in [0.29, 0.717) is 29.3 Å². The van der Waals surface area contributed by atoms with Crippen molar-refractivity contribution in [3.63, 3.8) is 0 Å². The lowest BCUT2D eigenvalue weighted by Crippen LogP contribution is -2.29. The Morgan fingerprint density at radius 3 is 2.58 bits per heavy atom. The molecule has 1 N–H and O–H groups in total. The number of halogens is 1. The van der Waals surface area contributed by atoms with Crippen LogP contribution in [0.4, 0.5) is 10.1 Å². The van der Waals surface area contributed by atoms with Crippen LogP contribution in [0.5, 0.6) is 0 Å². The van der Waals surface area contributed by atoms with Gasteiger partial charge in [0.25, 0.3) is 0 Å². The molecule has 1 amide bonds. The van der Waals surface area contributed by atoms with Gasteiger partial charge >= 0.3 is 5.97 Å². The van der Waals surface area contributed by atoms with Crippen molar-refractivity contribution >= 4 is 17.6 Å². The van der Waals surface area contributed by atoms with Crippen molar-refractivity contribution < 1.29 is 23.1 Å². The number of ether oxygens (including phenoxy) is 1. The number of nitrogens with zero attached hydrogens (tertiary/aromatic N) is 1. The highest BCUT2D eigenvalue weighted by Gasteiger charge is 2.17. The van der Waals surface area contributed by atoms with E-state index in [4.69, 9.17) is 4.42 Å².